The van der Waals surface area contributed by atoms with Crippen molar-refractivity contribution in [3.05, 3.63) is 28.3 Å². The van der Waals surface area contributed by atoms with E-state index in [0.29, 0.717) is 11.4 Å². The molecule has 0 atom stereocenters. The Morgan fingerprint density at radius 2 is 1.94 bits per heavy atom. The predicted octanol–water partition coefficient (Wildman–Crippen LogP) is 3.52. The van der Waals surface area contributed by atoms with Gasteiger partial charge in [-0.2, -0.15) is 0 Å². The Morgan fingerprint density at radius 3 is 2.56 bits per heavy atom. The van der Waals surface area contributed by atoms with E-state index in [2.05, 4.69) is 32.2 Å². The van der Waals surface area contributed by atoms with Crippen LogP contribution in [0.5, 0.6) is 0 Å². The average Bonchev–Trinajstić information content (AvgIpc) is 2.17. The van der Waals surface area contributed by atoms with Crippen LogP contribution in [-0.4, -0.2) is 5.91 Å². The summed E-state index contributed by atoms with van der Waals surface area (Å²) in [5.41, 5.74) is 3.25. The molecule has 1 aromatic rings. The molecule has 0 aromatic heterocycles. The van der Waals surface area contributed by atoms with Crippen molar-refractivity contribution in [1.82, 2.24) is 0 Å². The van der Waals surface area contributed by atoms with Crippen LogP contribution in [0.15, 0.2) is 12.1 Å². The lowest BCUT2D eigenvalue weighted by Gasteiger charge is -2.24. The number of halogens is 1. The summed E-state index contributed by atoms with van der Waals surface area (Å²) in [4.78, 5) is 11.3. The van der Waals surface area contributed by atoms with Crippen LogP contribution in [0.25, 0.3) is 0 Å². The SMILES string of the molecule is CC(C)(C)c1cc(Cl)c2c(c1)CCC(=O)N2. The maximum atomic E-state index is 11.3. The van der Waals surface area contributed by atoms with E-state index in [0.717, 1.165) is 17.7 Å². The maximum Gasteiger partial charge on any atom is 0.224 e. The molecular weight excluding hydrogens is 222 g/mol. The fraction of sp³-hybridized carbons (Fsp3) is 0.462. The number of nitrogens with one attached hydrogen (secondary N) is 1. The molecule has 0 spiro atoms. The van der Waals surface area contributed by atoms with Gasteiger partial charge in [0.2, 0.25) is 5.91 Å². The van der Waals surface area contributed by atoms with Crippen molar-refractivity contribution in [1.29, 1.82) is 0 Å². The van der Waals surface area contributed by atoms with E-state index in [1.165, 1.54) is 5.56 Å². The highest BCUT2D eigenvalue weighted by Crippen LogP contribution is 2.35. The van der Waals surface area contributed by atoms with E-state index in [9.17, 15) is 4.79 Å². The highest BCUT2D eigenvalue weighted by atomic mass is 35.5. The zero-order valence-electron chi connectivity index (χ0n) is 9.86. The highest BCUT2D eigenvalue weighted by molar-refractivity contribution is 6.34. The van der Waals surface area contributed by atoms with Gasteiger partial charge in [0.25, 0.3) is 0 Å². The molecule has 1 aliphatic rings. The summed E-state index contributed by atoms with van der Waals surface area (Å²) in [5.74, 6) is 0.0536. The molecular formula is C13H16ClNO. The monoisotopic (exact) mass is 237 g/mol. The van der Waals surface area contributed by atoms with Crippen LogP contribution >= 0.6 is 11.6 Å². The number of benzene rings is 1. The first-order valence-corrected chi connectivity index (χ1v) is 5.88. The van der Waals surface area contributed by atoms with Gasteiger partial charge in [0.05, 0.1) is 10.7 Å². The van der Waals surface area contributed by atoms with Crippen molar-refractivity contribution in [2.24, 2.45) is 0 Å². The third-order valence-corrected chi connectivity index (χ3v) is 3.22. The van der Waals surface area contributed by atoms with Crippen molar-refractivity contribution < 1.29 is 4.79 Å². The van der Waals surface area contributed by atoms with Crippen molar-refractivity contribution in [3.63, 3.8) is 0 Å². The Hall–Kier alpha value is -1.02. The molecule has 1 N–H and O–H groups in total. The second-order valence-electron chi connectivity index (χ2n) is 5.29. The van der Waals surface area contributed by atoms with E-state index in [1.807, 2.05) is 6.07 Å². The first-order valence-electron chi connectivity index (χ1n) is 5.50. The summed E-state index contributed by atoms with van der Waals surface area (Å²) in [5, 5.41) is 3.48. The van der Waals surface area contributed by atoms with Crippen LogP contribution in [0.2, 0.25) is 5.02 Å². The van der Waals surface area contributed by atoms with Crippen LogP contribution in [-0.2, 0) is 16.6 Å². The standard InChI is InChI=1S/C13H16ClNO/c1-13(2,3)9-6-8-4-5-11(16)15-12(8)10(14)7-9/h6-7H,4-5H2,1-3H3,(H,15,16). The third-order valence-electron chi connectivity index (χ3n) is 2.92. The molecule has 0 aliphatic carbocycles. The number of carbonyl (C=O) groups is 1. The number of rotatable bonds is 0. The fourth-order valence-corrected chi connectivity index (χ4v) is 2.17. The molecule has 0 saturated heterocycles. The van der Waals surface area contributed by atoms with Crippen LogP contribution in [0.1, 0.15) is 38.3 Å². The summed E-state index contributed by atoms with van der Waals surface area (Å²) in [7, 11) is 0. The number of fused-ring (bicyclic) bond motifs is 1. The van der Waals surface area contributed by atoms with E-state index in [1.54, 1.807) is 0 Å². The Kier molecular flexibility index (Phi) is 2.70. The molecule has 86 valence electrons. The summed E-state index contributed by atoms with van der Waals surface area (Å²) >= 11 is 6.20. The highest BCUT2D eigenvalue weighted by Gasteiger charge is 2.22. The number of carbonyl (C=O) groups excluding carboxylic acids is 1. The first kappa shape index (κ1) is 11.5. The minimum Gasteiger partial charge on any atom is -0.325 e. The van der Waals surface area contributed by atoms with Gasteiger partial charge in [-0.15, -0.1) is 0 Å². The van der Waals surface area contributed by atoms with Gasteiger partial charge in [-0.05, 0) is 29.0 Å². The zero-order valence-corrected chi connectivity index (χ0v) is 10.6. The fourth-order valence-electron chi connectivity index (χ4n) is 1.88. The largest absolute Gasteiger partial charge is 0.325 e. The van der Waals surface area contributed by atoms with Gasteiger partial charge < -0.3 is 5.32 Å². The summed E-state index contributed by atoms with van der Waals surface area (Å²) in [6, 6.07) is 4.10. The minimum atomic E-state index is 0.0536. The molecule has 3 heteroatoms. The van der Waals surface area contributed by atoms with E-state index in [-0.39, 0.29) is 11.3 Å². The second kappa shape index (κ2) is 3.77. The number of hydrogen-bond donors (Lipinski definition) is 1. The first-order chi connectivity index (χ1) is 7.38. The van der Waals surface area contributed by atoms with Gasteiger partial charge in [0, 0.05) is 6.42 Å². The van der Waals surface area contributed by atoms with Crippen LogP contribution in [0, 0.1) is 0 Å². The summed E-state index contributed by atoms with van der Waals surface area (Å²) in [6.45, 7) is 6.48. The van der Waals surface area contributed by atoms with Crippen molar-refractivity contribution in [2.45, 2.75) is 39.0 Å². The summed E-state index contributed by atoms with van der Waals surface area (Å²) in [6.07, 6.45) is 1.34. The van der Waals surface area contributed by atoms with Gasteiger partial charge >= 0.3 is 0 Å². The number of anilines is 1. The van der Waals surface area contributed by atoms with Gasteiger partial charge in [0.1, 0.15) is 0 Å². The van der Waals surface area contributed by atoms with Gasteiger partial charge in [-0.3, -0.25) is 4.79 Å². The molecule has 0 radical (unpaired) electrons. The number of amides is 1. The topological polar surface area (TPSA) is 29.1 Å². The van der Waals surface area contributed by atoms with E-state index >= 15 is 0 Å². The lowest BCUT2D eigenvalue weighted by Crippen LogP contribution is -2.21. The Balaban J connectivity index is 2.51. The molecule has 0 fully saturated rings. The molecule has 1 aromatic carbocycles. The molecule has 2 rings (SSSR count). The van der Waals surface area contributed by atoms with Crippen LogP contribution in [0.3, 0.4) is 0 Å². The molecule has 2 nitrogen and oxygen atoms in total. The molecule has 1 heterocycles. The van der Waals surface area contributed by atoms with Gasteiger partial charge in [-0.1, -0.05) is 38.4 Å². The number of hydrogen-bond acceptors (Lipinski definition) is 1. The smallest absolute Gasteiger partial charge is 0.224 e. The Labute approximate surface area is 101 Å². The summed E-state index contributed by atoms with van der Waals surface area (Å²) < 4.78 is 0. The zero-order chi connectivity index (χ0) is 11.9. The maximum absolute atomic E-state index is 11.3. The average molecular weight is 238 g/mol. The molecule has 1 aliphatic heterocycles. The van der Waals surface area contributed by atoms with Crippen molar-refractivity contribution in [2.75, 3.05) is 5.32 Å². The van der Waals surface area contributed by atoms with Gasteiger partial charge in [0.15, 0.2) is 0 Å². The normalized spacial score (nSPS) is 15.6. The number of aryl methyl sites for hydroxylation is 1. The van der Waals surface area contributed by atoms with Gasteiger partial charge in [-0.25, -0.2) is 0 Å². The lowest BCUT2D eigenvalue weighted by molar-refractivity contribution is -0.116. The second-order valence-corrected chi connectivity index (χ2v) is 5.70. The van der Waals surface area contributed by atoms with Crippen molar-refractivity contribution in [3.8, 4) is 0 Å². The molecule has 0 unspecified atom stereocenters. The molecule has 0 bridgehead atoms. The minimum absolute atomic E-state index is 0.0536. The van der Waals surface area contributed by atoms with E-state index in [4.69, 9.17) is 11.6 Å². The Bertz CT molecular complexity index is 446. The lowest BCUT2D eigenvalue weighted by atomic mass is 9.85. The van der Waals surface area contributed by atoms with Crippen LogP contribution < -0.4 is 5.32 Å². The van der Waals surface area contributed by atoms with Crippen LogP contribution in [0.4, 0.5) is 5.69 Å². The molecule has 16 heavy (non-hydrogen) atoms. The third kappa shape index (κ3) is 2.07. The quantitative estimate of drug-likeness (QED) is 0.735. The van der Waals surface area contributed by atoms with Crippen molar-refractivity contribution >= 4 is 23.2 Å². The molecule has 0 saturated carbocycles. The Morgan fingerprint density at radius 1 is 1.25 bits per heavy atom. The predicted molar refractivity (Wildman–Crippen MR) is 67.1 cm³/mol. The molecule has 1 amide bonds. The van der Waals surface area contributed by atoms with E-state index < -0.39 is 0 Å².